The third-order valence-electron chi connectivity index (χ3n) is 5.79. The second kappa shape index (κ2) is 12.6. The fourth-order valence-corrected chi connectivity index (χ4v) is 4.00. The van der Waals surface area contributed by atoms with Gasteiger partial charge in [-0.2, -0.15) is 0 Å². The van der Waals surface area contributed by atoms with E-state index in [1.165, 1.54) is 0 Å². The molecule has 0 radical (unpaired) electrons. The second-order valence-electron chi connectivity index (χ2n) is 8.29. The highest BCUT2D eigenvalue weighted by atomic mass is 16.6. The molecule has 34 heavy (non-hydrogen) atoms. The van der Waals surface area contributed by atoms with Gasteiger partial charge >= 0.3 is 0 Å². The summed E-state index contributed by atoms with van der Waals surface area (Å²) in [6, 6.07) is 29.1. The number of rotatable bonds is 11. The highest BCUT2D eigenvalue weighted by Gasteiger charge is 2.46. The maximum atomic E-state index is 11.9. The van der Waals surface area contributed by atoms with Gasteiger partial charge in [0.25, 0.3) is 0 Å². The van der Waals surface area contributed by atoms with Crippen molar-refractivity contribution in [2.75, 3.05) is 6.61 Å². The predicted molar refractivity (Wildman–Crippen MR) is 127 cm³/mol. The average Bonchev–Trinajstić information content (AvgIpc) is 2.89. The number of hydrogen-bond acceptors (Lipinski definition) is 6. The van der Waals surface area contributed by atoms with Gasteiger partial charge in [-0.05, 0) is 16.7 Å². The number of benzene rings is 3. The maximum Gasteiger partial charge on any atom is 0.151 e. The summed E-state index contributed by atoms with van der Waals surface area (Å²) >= 11 is 0. The molecule has 3 aromatic rings. The first-order chi connectivity index (χ1) is 16.7. The number of aldehydes is 1. The van der Waals surface area contributed by atoms with E-state index < -0.39 is 30.5 Å². The number of ether oxygens (including phenoxy) is 4. The minimum atomic E-state index is -1.07. The SMILES string of the molecule is O=C[C@H]1OC(COCc2ccccc2)[C@@H](OCc2ccccc2)C(O)C1OCc1ccccc1. The van der Waals surface area contributed by atoms with Gasteiger partial charge in [0.2, 0.25) is 0 Å². The lowest BCUT2D eigenvalue weighted by molar-refractivity contribution is -0.252. The van der Waals surface area contributed by atoms with E-state index >= 15 is 0 Å². The molecule has 6 heteroatoms. The molecule has 3 unspecified atom stereocenters. The van der Waals surface area contributed by atoms with Gasteiger partial charge in [0.1, 0.15) is 30.5 Å². The largest absolute Gasteiger partial charge is 0.387 e. The van der Waals surface area contributed by atoms with Crippen molar-refractivity contribution >= 4 is 6.29 Å². The Hall–Kier alpha value is -2.87. The Morgan fingerprint density at radius 1 is 0.706 bits per heavy atom. The third-order valence-corrected chi connectivity index (χ3v) is 5.79. The van der Waals surface area contributed by atoms with Gasteiger partial charge in [-0.15, -0.1) is 0 Å². The Bertz CT molecular complexity index is 980. The topological polar surface area (TPSA) is 74.2 Å². The Labute approximate surface area is 200 Å². The molecule has 4 rings (SSSR count). The minimum absolute atomic E-state index is 0.168. The fourth-order valence-electron chi connectivity index (χ4n) is 4.00. The molecule has 0 saturated carbocycles. The Morgan fingerprint density at radius 2 is 1.18 bits per heavy atom. The molecule has 178 valence electrons. The highest BCUT2D eigenvalue weighted by molar-refractivity contribution is 5.58. The molecule has 1 fully saturated rings. The van der Waals surface area contributed by atoms with Crippen molar-refractivity contribution in [1.29, 1.82) is 0 Å². The summed E-state index contributed by atoms with van der Waals surface area (Å²) in [5.74, 6) is 0. The van der Waals surface area contributed by atoms with Crippen molar-refractivity contribution < 1.29 is 28.8 Å². The van der Waals surface area contributed by atoms with Gasteiger partial charge in [-0.25, -0.2) is 0 Å². The molecule has 5 atom stereocenters. The molecule has 1 saturated heterocycles. The van der Waals surface area contributed by atoms with Crippen LogP contribution < -0.4 is 0 Å². The average molecular weight is 463 g/mol. The lowest BCUT2D eigenvalue weighted by atomic mass is 9.95. The zero-order valence-corrected chi connectivity index (χ0v) is 18.9. The van der Waals surface area contributed by atoms with E-state index in [0.29, 0.717) is 12.9 Å². The number of aliphatic hydroxyl groups excluding tert-OH is 1. The van der Waals surface area contributed by atoms with Gasteiger partial charge in [-0.3, -0.25) is 0 Å². The van der Waals surface area contributed by atoms with Gasteiger partial charge in [0.15, 0.2) is 6.29 Å². The summed E-state index contributed by atoms with van der Waals surface area (Å²) in [5.41, 5.74) is 2.93. The number of carbonyl (C=O) groups excluding carboxylic acids is 1. The molecule has 1 aliphatic rings. The normalized spacial score (nSPS) is 24.6. The molecule has 1 heterocycles. The van der Waals surface area contributed by atoms with Crippen LogP contribution in [0.2, 0.25) is 0 Å². The molecular formula is C28H30O6. The van der Waals surface area contributed by atoms with Crippen LogP contribution in [0, 0.1) is 0 Å². The van der Waals surface area contributed by atoms with Gasteiger partial charge in [-0.1, -0.05) is 91.0 Å². The number of hydrogen-bond donors (Lipinski definition) is 1. The number of carbonyl (C=O) groups is 1. The molecule has 1 N–H and O–H groups in total. The van der Waals surface area contributed by atoms with Crippen LogP contribution in [-0.2, 0) is 43.6 Å². The molecule has 0 aromatic heterocycles. The quantitative estimate of drug-likeness (QED) is 0.438. The van der Waals surface area contributed by atoms with Crippen LogP contribution in [0.4, 0.5) is 0 Å². The summed E-state index contributed by atoms with van der Waals surface area (Å²) in [7, 11) is 0. The van der Waals surface area contributed by atoms with Crippen LogP contribution in [0.15, 0.2) is 91.0 Å². The van der Waals surface area contributed by atoms with Crippen LogP contribution in [0.1, 0.15) is 16.7 Å². The van der Waals surface area contributed by atoms with E-state index in [9.17, 15) is 9.90 Å². The third kappa shape index (κ3) is 6.59. The molecule has 1 aliphatic heterocycles. The van der Waals surface area contributed by atoms with Crippen molar-refractivity contribution in [3.05, 3.63) is 108 Å². The van der Waals surface area contributed by atoms with Crippen LogP contribution in [-0.4, -0.2) is 48.5 Å². The van der Waals surface area contributed by atoms with Crippen LogP contribution >= 0.6 is 0 Å². The summed E-state index contributed by atoms with van der Waals surface area (Å²) in [5, 5.41) is 11.2. The lowest BCUT2D eigenvalue weighted by Crippen LogP contribution is -2.60. The molecule has 0 bridgehead atoms. The zero-order valence-electron chi connectivity index (χ0n) is 18.9. The molecule has 6 nitrogen and oxygen atoms in total. The standard InChI is InChI=1S/C28H30O6/c29-16-24-27(32-18-22-12-6-2-7-13-22)26(30)28(33-19-23-14-8-3-9-15-23)25(34-24)20-31-17-21-10-4-1-5-11-21/h1-16,24-28,30H,17-20H2/t24-,25?,26?,27?,28-/m1/s1. The van der Waals surface area contributed by atoms with E-state index in [1.54, 1.807) is 0 Å². The number of aliphatic hydroxyl groups is 1. The molecule has 3 aromatic carbocycles. The first-order valence-corrected chi connectivity index (χ1v) is 11.5. The summed E-state index contributed by atoms with van der Waals surface area (Å²) < 4.78 is 24.0. The highest BCUT2D eigenvalue weighted by Crippen LogP contribution is 2.27. The van der Waals surface area contributed by atoms with Crippen molar-refractivity contribution in [1.82, 2.24) is 0 Å². The van der Waals surface area contributed by atoms with Crippen LogP contribution in [0.3, 0.4) is 0 Å². The van der Waals surface area contributed by atoms with Crippen LogP contribution in [0.5, 0.6) is 0 Å². The summed E-state index contributed by atoms with van der Waals surface area (Å²) in [6.07, 6.45) is -3.54. The van der Waals surface area contributed by atoms with E-state index in [2.05, 4.69) is 0 Å². The fraction of sp³-hybridized carbons (Fsp3) is 0.321. The smallest absolute Gasteiger partial charge is 0.151 e. The Balaban J connectivity index is 1.44. The summed E-state index contributed by atoms with van der Waals surface area (Å²) in [6.45, 7) is 1.10. The first kappa shape index (κ1) is 24.3. The lowest BCUT2D eigenvalue weighted by Gasteiger charge is -2.42. The summed E-state index contributed by atoms with van der Waals surface area (Å²) in [4.78, 5) is 11.9. The molecule has 0 spiro atoms. The minimum Gasteiger partial charge on any atom is -0.387 e. The monoisotopic (exact) mass is 462 g/mol. The second-order valence-corrected chi connectivity index (χ2v) is 8.29. The Kier molecular flexibility index (Phi) is 8.96. The zero-order chi connectivity index (χ0) is 23.6. The van der Waals surface area contributed by atoms with Crippen molar-refractivity contribution in [3.63, 3.8) is 0 Å². The molecule has 0 aliphatic carbocycles. The van der Waals surface area contributed by atoms with Gasteiger partial charge in [0.05, 0.1) is 26.4 Å². The van der Waals surface area contributed by atoms with Crippen molar-refractivity contribution in [2.45, 2.75) is 50.3 Å². The van der Waals surface area contributed by atoms with E-state index in [-0.39, 0.29) is 19.8 Å². The van der Waals surface area contributed by atoms with E-state index in [4.69, 9.17) is 18.9 Å². The first-order valence-electron chi connectivity index (χ1n) is 11.5. The Morgan fingerprint density at radius 3 is 1.68 bits per heavy atom. The van der Waals surface area contributed by atoms with Crippen molar-refractivity contribution in [3.8, 4) is 0 Å². The molecule has 0 amide bonds. The predicted octanol–water partition coefficient (Wildman–Crippen LogP) is 3.70. The van der Waals surface area contributed by atoms with Crippen molar-refractivity contribution in [2.24, 2.45) is 0 Å². The van der Waals surface area contributed by atoms with Gasteiger partial charge < -0.3 is 28.8 Å². The van der Waals surface area contributed by atoms with E-state index in [0.717, 1.165) is 16.7 Å². The van der Waals surface area contributed by atoms with Gasteiger partial charge in [0, 0.05) is 0 Å². The maximum absolute atomic E-state index is 11.9. The van der Waals surface area contributed by atoms with E-state index in [1.807, 2.05) is 91.0 Å². The molecular weight excluding hydrogens is 432 g/mol. The van der Waals surface area contributed by atoms with Crippen LogP contribution in [0.25, 0.3) is 0 Å².